The second kappa shape index (κ2) is 51.6. The third-order valence-electron chi connectivity index (χ3n) is 20.0. The SMILES string of the molecule is CCCCCCCCCCCCCCCCCCOC[C@H](O)COP(=O)(O)O[C@@H]1[C@H](OC(=O)CCCCCCCCCCCCCCC)[C@H](O)[C@@H](O)[C@H](O)[C@H]1O[C@H]1O[C@H](CO)[C@@H](O[C@H]2O[C@H](CO[C@H]3O[C@H](CO)[C@@H](O)[C@H](O)[C@@H]3O[C@H]3O[C@H](COP(=O)(O)OCCN)[C@@H](O)[C@H](O)[C@@H]3O)[C@@H](O)[C@H](O)[C@@H]2O)[C@H](O)[C@H]1N. The molecule has 0 bridgehead atoms. The summed E-state index contributed by atoms with van der Waals surface area (Å²) < 4.78 is 104. The minimum atomic E-state index is -5.49. The number of aliphatic hydroxyl groups is 15. The Hall–Kier alpha value is -1.35. The van der Waals surface area contributed by atoms with Crippen molar-refractivity contribution < 1.29 is 166 Å². The highest BCUT2D eigenvalue weighted by Crippen LogP contribution is 2.49. The molecular formula is C69H132N2O34P2. The van der Waals surface area contributed by atoms with Gasteiger partial charge in [0.1, 0.15) is 128 Å². The first-order chi connectivity index (χ1) is 51.1. The maximum Gasteiger partial charge on any atom is 0.472 e. The molecule has 29 atom stereocenters. The number of ether oxygens (including phenoxy) is 10. The number of rotatable bonds is 56. The summed E-state index contributed by atoms with van der Waals surface area (Å²) in [5, 5.41) is 166. The molecule has 0 aromatic rings. The number of nitrogens with two attached hydrogens (primary N) is 2. The van der Waals surface area contributed by atoms with Crippen LogP contribution < -0.4 is 11.5 Å². The number of unbranched alkanes of at least 4 members (excludes halogenated alkanes) is 27. The molecular weight excluding hydrogens is 1460 g/mol. The first-order valence-electron chi connectivity index (χ1n) is 38.9. The summed E-state index contributed by atoms with van der Waals surface area (Å²) in [5.74, 6) is -0.949. The lowest BCUT2D eigenvalue weighted by molar-refractivity contribution is -0.377. The predicted molar refractivity (Wildman–Crippen MR) is 377 cm³/mol. The lowest BCUT2D eigenvalue weighted by Gasteiger charge is -2.49. The first-order valence-corrected chi connectivity index (χ1v) is 41.9. The molecule has 4 aliphatic heterocycles. The molecule has 21 N–H and O–H groups in total. The zero-order valence-corrected chi connectivity index (χ0v) is 64.0. The third-order valence-corrected chi connectivity index (χ3v) is 22.0. The Morgan fingerprint density at radius 1 is 0.402 bits per heavy atom. The Kier molecular flexibility index (Phi) is 46.4. The standard InChI is InChI=1S/C69H132N2O34P2/c1-3-5-7-9-11-13-15-17-18-19-21-23-25-27-29-31-34-92-38-42(74)39-95-107(90,91)105-65-62(101-47(75)32-30-28-26-24-22-20-16-14-12-10-8-6-4-2)57(84)55(82)58(85)63(65)103-66-48(71)52(79)61(44(37-73)98-66)102-67-59(86)53(80)50(77)45(99-67)40-93-69-64(56(83)49(76)43(36-72)97-69)104-68-60(87)54(81)51(78)46(100-68)41-96-106(88,89)94-35-33-70/h42-46,48-69,72-74,76-87H,3-41,70-71H2,1-2H3,(H,88,89)(H,90,91)/t42-,43+,44+,45+,46+,48+,49+,50+,51+,52+,53-,54-,55+,56-,57+,58-,59-,60-,61+,62+,63+,64-,65+,66+,67+,68+,69-/m0/s1. The van der Waals surface area contributed by atoms with E-state index in [0.29, 0.717) is 19.3 Å². The molecule has 36 nitrogen and oxygen atoms in total. The topological polar surface area (TPSA) is 576 Å². The Bertz CT molecular complexity index is 2450. The fourth-order valence-corrected chi connectivity index (χ4v) is 15.3. The van der Waals surface area contributed by atoms with Crippen molar-refractivity contribution in [3.8, 4) is 0 Å². The van der Waals surface area contributed by atoms with Gasteiger partial charge in [0.25, 0.3) is 0 Å². The van der Waals surface area contributed by atoms with E-state index in [1.165, 1.54) is 109 Å². The van der Waals surface area contributed by atoms with Crippen LogP contribution in [0.4, 0.5) is 0 Å². The number of carbonyl (C=O) groups excluding carboxylic acids is 1. The molecule has 0 radical (unpaired) electrons. The van der Waals surface area contributed by atoms with E-state index < -0.39 is 227 Å². The van der Waals surface area contributed by atoms with Gasteiger partial charge < -0.3 is 145 Å². The van der Waals surface area contributed by atoms with E-state index in [2.05, 4.69) is 18.4 Å². The molecule has 1 saturated carbocycles. The predicted octanol–water partition coefficient (Wildman–Crippen LogP) is 0.341. The van der Waals surface area contributed by atoms with Crippen molar-refractivity contribution in [2.75, 3.05) is 59.4 Å². The van der Waals surface area contributed by atoms with Gasteiger partial charge >= 0.3 is 21.6 Å². The normalized spacial score (nSPS) is 35.7. The van der Waals surface area contributed by atoms with Crippen LogP contribution in [0.15, 0.2) is 0 Å². The number of esters is 1. The van der Waals surface area contributed by atoms with Gasteiger partial charge in [-0.25, -0.2) is 9.13 Å². The molecule has 0 aromatic carbocycles. The highest BCUT2D eigenvalue weighted by molar-refractivity contribution is 7.47. The van der Waals surface area contributed by atoms with Gasteiger partial charge in [-0.3, -0.25) is 22.9 Å². The molecule has 632 valence electrons. The number of phosphoric ester groups is 2. The summed E-state index contributed by atoms with van der Waals surface area (Å²) in [6.45, 7) is -1.04. The summed E-state index contributed by atoms with van der Waals surface area (Å²) in [6.07, 6.45) is -20.9. The van der Waals surface area contributed by atoms with Gasteiger partial charge in [-0.05, 0) is 12.8 Å². The van der Waals surface area contributed by atoms with Gasteiger partial charge in [0, 0.05) is 19.6 Å². The average molecular weight is 1600 g/mol. The zero-order chi connectivity index (χ0) is 78.6. The van der Waals surface area contributed by atoms with Crippen LogP contribution in [0.3, 0.4) is 0 Å². The number of carbonyl (C=O) groups is 1. The Balaban J connectivity index is 1.23. The largest absolute Gasteiger partial charge is 0.472 e. The second-order valence-corrected chi connectivity index (χ2v) is 31.7. The van der Waals surface area contributed by atoms with Gasteiger partial charge in [0.15, 0.2) is 31.3 Å². The summed E-state index contributed by atoms with van der Waals surface area (Å²) in [6, 6.07) is -1.88. The van der Waals surface area contributed by atoms with Gasteiger partial charge in [-0.15, -0.1) is 0 Å². The van der Waals surface area contributed by atoms with Crippen molar-refractivity contribution in [2.45, 2.75) is 372 Å². The lowest BCUT2D eigenvalue weighted by Crippen LogP contribution is -2.70. The van der Waals surface area contributed by atoms with Gasteiger partial charge in [0.2, 0.25) is 0 Å². The molecule has 5 fully saturated rings. The molecule has 0 amide bonds. The van der Waals surface area contributed by atoms with Crippen LogP contribution in [0.5, 0.6) is 0 Å². The fraction of sp³-hybridized carbons (Fsp3) is 0.986. The summed E-state index contributed by atoms with van der Waals surface area (Å²) in [4.78, 5) is 34.9. The Labute approximate surface area is 628 Å². The van der Waals surface area contributed by atoms with E-state index in [9.17, 15) is 100 Å². The number of hydrogen-bond acceptors (Lipinski definition) is 34. The molecule has 0 spiro atoms. The average Bonchev–Trinajstić information content (AvgIpc) is 0.750. The van der Waals surface area contributed by atoms with Crippen LogP contribution in [0.1, 0.15) is 206 Å². The molecule has 0 aromatic heterocycles. The molecule has 5 aliphatic rings. The van der Waals surface area contributed by atoms with Crippen LogP contribution in [0, 0.1) is 0 Å². The van der Waals surface area contributed by atoms with Crippen LogP contribution in [0.2, 0.25) is 0 Å². The first kappa shape index (κ1) is 96.2. The van der Waals surface area contributed by atoms with Crippen LogP contribution >= 0.6 is 15.6 Å². The molecule has 4 heterocycles. The highest BCUT2D eigenvalue weighted by Gasteiger charge is 2.59. The van der Waals surface area contributed by atoms with E-state index in [1.807, 2.05) is 0 Å². The molecule has 38 heteroatoms. The Morgan fingerprint density at radius 2 is 0.813 bits per heavy atom. The molecule has 107 heavy (non-hydrogen) atoms. The molecule has 1 aliphatic carbocycles. The van der Waals surface area contributed by atoms with Gasteiger partial charge in [-0.2, -0.15) is 0 Å². The van der Waals surface area contributed by atoms with E-state index in [1.54, 1.807) is 0 Å². The maximum atomic E-state index is 13.9. The van der Waals surface area contributed by atoms with E-state index in [4.69, 9.17) is 72.4 Å². The molecule has 2 unspecified atom stereocenters. The smallest absolute Gasteiger partial charge is 0.457 e. The fourth-order valence-electron chi connectivity index (χ4n) is 13.5. The van der Waals surface area contributed by atoms with Gasteiger partial charge in [-0.1, -0.05) is 187 Å². The highest BCUT2D eigenvalue weighted by atomic mass is 31.2. The van der Waals surface area contributed by atoms with Crippen molar-refractivity contribution in [3.63, 3.8) is 0 Å². The molecule has 5 rings (SSSR count). The number of phosphoric acid groups is 2. The molecule has 4 saturated heterocycles. The van der Waals surface area contributed by atoms with Crippen LogP contribution in [0.25, 0.3) is 0 Å². The van der Waals surface area contributed by atoms with Crippen molar-refractivity contribution >= 4 is 21.6 Å². The minimum Gasteiger partial charge on any atom is -0.457 e. The summed E-state index contributed by atoms with van der Waals surface area (Å²) in [7, 11) is -10.3. The number of aliphatic hydroxyl groups excluding tert-OH is 15. The van der Waals surface area contributed by atoms with Crippen molar-refractivity contribution in [1.29, 1.82) is 0 Å². The van der Waals surface area contributed by atoms with Crippen molar-refractivity contribution in [1.82, 2.24) is 0 Å². The van der Waals surface area contributed by atoms with Crippen molar-refractivity contribution in [2.24, 2.45) is 11.5 Å². The monoisotopic (exact) mass is 1590 g/mol. The van der Waals surface area contributed by atoms with E-state index >= 15 is 0 Å². The zero-order valence-electron chi connectivity index (χ0n) is 62.3. The van der Waals surface area contributed by atoms with Gasteiger partial charge in [0.05, 0.1) is 52.3 Å². The third kappa shape index (κ3) is 32.3. The minimum absolute atomic E-state index is 0.181. The van der Waals surface area contributed by atoms with E-state index in [-0.39, 0.29) is 26.2 Å². The van der Waals surface area contributed by atoms with Crippen molar-refractivity contribution in [3.05, 3.63) is 0 Å². The Morgan fingerprint density at radius 3 is 1.31 bits per heavy atom. The quantitative estimate of drug-likeness (QED) is 0.0222. The second-order valence-electron chi connectivity index (χ2n) is 28.8. The van der Waals surface area contributed by atoms with Crippen LogP contribution in [-0.2, 0) is 79.4 Å². The summed E-state index contributed by atoms with van der Waals surface area (Å²) >= 11 is 0. The number of hydrogen-bond donors (Lipinski definition) is 19. The maximum absolute atomic E-state index is 13.9. The lowest BCUT2D eigenvalue weighted by atomic mass is 9.84. The summed E-state index contributed by atoms with van der Waals surface area (Å²) in [5.41, 5.74) is 11.8. The van der Waals surface area contributed by atoms with E-state index in [0.717, 1.165) is 57.8 Å². The van der Waals surface area contributed by atoms with Crippen LogP contribution in [-0.4, -0.2) is 317 Å².